The number of nitrogens with zero attached hydrogens (tertiary/aromatic N) is 7. The Morgan fingerprint density at radius 2 is 2.09 bits per heavy atom. The number of pyridine rings is 2. The molecule has 4 aromatic rings. The molecule has 0 spiro atoms. The number of carbonyl (C=O) groups excluding carboxylic acids is 1. The summed E-state index contributed by atoms with van der Waals surface area (Å²) in [7, 11) is 0. The number of aromatic nitrogens is 6. The third kappa shape index (κ3) is 3.59. The molecule has 0 aromatic carbocycles. The Labute approximate surface area is 191 Å². The quantitative estimate of drug-likeness (QED) is 0.456. The van der Waals surface area contributed by atoms with E-state index in [0.29, 0.717) is 52.8 Å². The lowest BCUT2D eigenvalue weighted by atomic mass is 10.2. The van der Waals surface area contributed by atoms with Gasteiger partial charge in [-0.2, -0.15) is 5.10 Å². The van der Waals surface area contributed by atoms with Gasteiger partial charge in [0.15, 0.2) is 11.6 Å². The smallest absolute Gasteiger partial charge is 0.271 e. The van der Waals surface area contributed by atoms with Gasteiger partial charge in [-0.25, -0.2) is 19.6 Å². The van der Waals surface area contributed by atoms with Crippen molar-refractivity contribution in [2.45, 2.75) is 19.4 Å². The van der Waals surface area contributed by atoms with Crippen LogP contribution in [0.25, 0.3) is 16.7 Å². The number of fused-ring (bicyclic) bond motifs is 1. The molecule has 0 saturated carbocycles. The molecule has 13 heteroatoms. The minimum atomic E-state index is -0.360. The summed E-state index contributed by atoms with van der Waals surface area (Å²) < 4.78 is 6.88. The summed E-state index contributed by atoms with van der Waals surface area (Å²) in [5, 5.41) is 12.1. The lowest BCUT2D eigenvalue weighted by molar-refractivity contribution is 0.0935. The lowest BCUT2D eigenvalue weighted by Crippen LogP contribution is -2.37. The zero-order chi connectivity index (χ0) is 22.4. The van der Waals surface area contributed by atoms with Crippen molar-refractivity contribution in [2.24, 2.45) is 0 Å². The van der Waals surface area contributed by atoms with Gasteiger partial charge in [-0.05, 0) is 19.4 Å². The fourth-order valence-corrected chi connectivity index (χ4v) is 4.14. The average Bonchev–Trinajstić information content (AvgIpc) is 3.49. The zero-order valence-electron chi connectivity index (χ0n) is 16.8. The molecule has 1 amide bonds. The van der Waals surface area contributed by atoms with E-state index in [0.717, 1.165) is 0 Å². The van der Waals surface area contributed by atoms with Crippen molar-refractivity contribution < 1.29 is 9.32 Å². The Hall–Kier alpha value is -3.44. The van der Waals surface area contributed by atoms with Gasteiger partial charge in [-0.1, -0.05) is 28.4 Å². The Bertz CT molecular complexity index is 1340. The second-order valence-corrected chi connectivity index (χ2v) is 8.18. The maximum Gasteiger partial charge on any atom is 0.271 e. The maximum absolute atomic E-state index is 12.8. The molecular formula is C19H17Cl2N9O2. The summed E-state index contributed by atoms with van der Waals surface area (Å²) >= 11 is 12.5. The molecule has 1 fully saturated rings. The predicted octanol–water partition coefficient (Wildman–Crippen LogP) is 2.40. The maximum atomic E-state index is 12.8. The van der Waals surface area contributed by atoms with Gasteiger partial charge >= 0.3 is 0 Å². The van der Waals surface area contributed by atoms with E-state index in [1.807, 2.05) is 4.90 Å². The van der Waals surface area contributed by atoms with E-state index < -0.39 is 0 Å². The molecule has 0 radical (unpaired) electrons. The first-order valence-electron chi connectivity index (χ1n) is 9.70. The van der Waals surface area contributed by atoms with Gasteiger partial charge in [0.05, 0.1) is 27.3 Å². The van der Waals surface area contributed by atoms with E-state index >= 15 is 0 Å². The van der Waals surface area contributed by atoms with Crippen LogP contribution in [-0.4, -0.2) is 54.9 Å². The number of nitrogens with two attached hydrogens (primary N) is 1. The van der Waals surface area contributed by atoms with E-state index in [-0.39, 0.29) is 28.5 Å². The summed E-state index contributed by atoms with van der Waals surface area (Å²) in [4.78, 5) is 27.4. The number of aryl methyl sites for hydroxylation is 1. The molecule has 3 N–H and O–H groups in total. The second kappa shape index (κ2) is 7.92. The number of nitrogens with one attached hydrogen (secondary N) is 1. The van der Waals surface area contributed by atoms with Gasteiger partial charge in [-0.15, -0.1) is 0 Å². The van der Waals surface area contributed by atoms with E-state index in [9.17, 15) is 4.79 Å². The van der Waals surface area contributed by atoms with Gasteiger partial charge in [0.2, 0.25) is 5.58 Å². The molecule has 164 valence electrons. The number of rotatable bonds is 4. The minimum Gasteiger partial charge on any atom is -0.380 e. The molecule has 1 atom stereocenters. The monoisotopic (exact) mass is 473 g/mol. The lowest BCUT2D eigenvalue weighted by Gasteiger charge is -2.18. The molecule has 0 bridgehead atoms. The molecule has 5 heterocycles. The highest BCUT2D eigenvalue weighted by Crippen LogP contribution is 2.34. The van der Waals surface area contributed by atoms with Gasteiger partial charge in [0, 0.05) is 25.3 Å². The zero-order valence-corrected chi connectivity index (χ0v) is 18.3. The summed E-state index contributed by atoms with van der Waals surface area (Å²) in [6, 6.07) is 1.49. The molecule has 1 unspecified atom stereocenters. The van der Waals surface area contributed by atoms with Crippen LogP contribution in [0.2, 0.25) is 10.0 Å². The normalized spacial score (nSPS) is 16.1. The van der Waals surface area contributed by atoms with Crippen LogP contribution in [0.4, 0.5) is 11.6 Å². The highest BCUT2D eigenvalue weighted by molar-refractivity contribution is 6.36. The third-order valence-corrected chi connectivity index (χ3v) is 5.77. The van der Waals surface area contributed by atoms with E-state index in [2.05, 4.69) is 30.5 Å². The highest BCUT2D eigenvalue weighted by atomic mass is 35.5. The first-order chi connectivity index (χ1) is 15.4. The third-order valence-electron chi connectivity index (χ3n) is 5.20. The number of carbonyl (C=O) groups is 1. The number of anilines is 2. The molecule has 1 saturated heterocycles. The number of halogens is 2. The first-order valence-corrected chi connectivity index (χ1v) is 10.5. The van der Waals surface area contributed by atoms with E-state index in [1.54, 1.807) is 24.0 Å². The SMILES string of the molecule is Cc1ncn(-c2cnc(C(=O)NC3CCN(c4ncc(Cl)c5c(N)noc45)C3)c(Cl)c2)n1. The molecule has 11 nitrogen and oxygen atoms in total. The van der Waals surface area contributed by atoms with Crippen LogP contribution in [-0.2, 0) is 0 Å². The van der Waals surface area contributed by atoms with Gasteiger partial charge in [0.25, 0.3) is 5.91 Å². The van der Waals surface area contributed by atoms with Crippen LogP contribution in [0.3, 0.4) is 0 Å². The molecule has 0 aliphatic carbocycles. The summed E-state index contributed by atoms with van der Waals surface area (Å²) in [6.45, 7) is 2.95. The highest BCUT2D eigenvalue weighted by Gasteiger charge is 2.29. The molecule has 1 aliphatic heterocycles. The Morgan fingerprint density at radius 1 is 1.25 bits per heavy atom. The van der Waals surface area contributed by atoms with Crippen LogP contribution in [0.1, 0.15) is 22.7 Å². The van der Waals surface area contributed by atoms with Gasteiger partial charge in [-0.3, -0.25) is 4.79 Å². The van der Waals surface area contributed by atoms with Crippen molar-refractivity contribution >= 4 is 51.7 Å². The Balaban J connectivity index is 1.30. The number of amides is 1. The standard InChI is InChI=1S/C19H17Cl2N9O2/c1-9-25-8-30(27-9)11-4-12(20)15(23-5-11)19(31)26-10-2-3-29(7-10)18-16-14(13(21)6-24-18)17(22)28-32-16/h4-6,8,10H,2-3,7H2,1H3,(H2,22,28)(H,26,31). The minimum absolute atomic E-state index is 0.134. The molecular weight excluding hydrogens is 457 g/mol. The Morgan fingerprint density at radius 3 is 2.84 bits per heavy atom. The number of hydrogen-bond acceptors (Lipinski definition) is 9. The number of hydrogen-bond donors (Lipinski definition) is 2. The molecule has 5 rings (SSSR count). The van der Waals surface area contributed by atoms with Gasteiger partial charge in [0.1, 0.15) is 17.8 Å². The summed E-state index contributed by atoms with van der Waals surface area (Å²) in [5.41, 5.74) is 7.02. The van der Waals surface area contributed by atoms with Crippen LogP contribution < -0.4 is 16.0 Å². The predicted molar refractivity (Wildman–Crippen MR) is 118 cm³/mol. The van der Waals surface area contributed by atoms with Crippen LogP contribution in [0.15, 0.2) is 29.3 Å². The fraction of sp³-hybridized carbons (Fsp3) is 0.263. The molecule has 1 aliphatic rings. The fourth-order valence-electron chi connectivity index (χ4n) is 3.67. The topological polar surface area (TPSA) is 141 Å². The van der Waals surface area contributed by atoms with Gasteiger partial charge < -0.3 is 20.5 Å². The Kier molecular flexibility index (Phi) is 5.06. The van der Waals surface area contributed by atoms with Crippen LogP contribution >= 0.6 is 23.2 Å². The largest absolute Gasteiger partial charge is 0.380 e. The molecule has 4 aromatic heterocycles. The van der Waals surface area contributed by atoms with Crippen LogP contribution in [0, 0.1) is 6.92 Å². The van der Waals surface area contributed by atoms with Crippen molar-refractivity contribution in [1.82, 2.24) is 35.2 Å². The van der Waals surface area contributed by atoms with Crippen molar-refractivity contribution in [3.63, 3.8) is 0 Å². The summed E-state index contributed by atoms with van der Waals surface area (Å²) in [5.74, 6) is 1.05. The average molecular weight is 474 g/mol. The van der Waals surface area contributed by atoms with Crippen molar-refractivity contribution in [3.05, 3.63) is 46.4 Å². The van der Waals surface area contributed by atoms with Crippen molar-refractivity contribution in [3.8, 4) is 5.69 Å². The number of nitrogen functional groups attached to an aromatic ring is 1. The van der Waals surface area contributed by atoms with E-state index in [1.165, 1.54) is 12.4 Å². The van der Waals surface area contributed by atoms with Crippen LogP contribution in [0.5, 0.6) is 0 Å². The van der Waals surface area contributed by atoms with Crippen molar-refractivity contribution in [2.75, 3.05) is 23.7 Å². The summed E-state index contributed by atoms with van der Waals surface area (Å²) in [6.07, 6.45) is 5.30. The molecule has 32 heavy (non-hydrogen) atoms. The van der Waals surface area contributed by atoms with Crippen molar-refractivity contribution in [1.29, 1.82) is 0 Å². The second-order valence-electron chi connectivity index (χ2n) is 7.37. The first kappa shape index (κ1) is 20.5. The van der Waals surface area contributed by atoms with E-state index in [4.69, 9.17) is 33.5 Å².